The fourth-order valence-corrected chi connectivity index (χ4v) is 1.74. The van der Waals surface area contributed by atoms with E-state index in [2.05, 4.69) is 22.6 Å². The standard InChI is InChI=1S/C16H10O5.C4H2O5.C4H6O2.C3H4O2/c17-13(11-7-3-1-4-8-11)15(19)21-16(20)14(18)12-9-5-2-6-10-12;5-1-3(7)9-4(8)2-6;1-3(2)4(5)6;1-2-3(4)5/h1-10H;1-2H;1H2,2H3,(H,5,6);2H,1H2,(H,4,5). The van der Waals surface area contributed by atoms with Gasteiger partial charge in [0.25, 0.3) is 11.6 Å². The van der Waals surface area contributed by atoms with Crippen LogP contribution in [0.2, 0.25) is 0 Å². The van der Waals surface area contributed by atoms with Gasteiger partial charge in [0, 0.05) is 22.8 Å². The van der Waals surface area contributed by atoms with E-state index in [0.717, 1.165) is 6.08 Å². The van der Waals surface area contributed by atoms with Gasteiger partial charge in [-0.1, -0.05) is 73.8 Å². The molecule has 0 bridgehead atoms. The Bertz CT molecular complexity index is 1220. The highest BCUT2D eigenvalue weighted by Gasteiger charge is 2.26. The number of aliphatic carboxylic acids is 2. The van der Waals surface area contributed by atoms with E-state index in [9.17, 15) is 47.9 Å². The number of ether oxygens (including phenoxy) is 2. The molecule has 0 saturated heterocycles. The number of ketones is 2. The Balaban J connectivity index is 0. The van der Waals surface area contributed by atoms with Gasteiger partial charge in [0.2, 0.25) is 12.6 Å². The lowest BCUT2D eigenvalue weighted by Crippen LogP contribution is -2.26. The number of aldehydes is 2. The summed E-state index contributed by atoms with van der Waals surface area (Å²) in [6.45, 7) is 7.56. The summed E-state index contributed by atoms with van der Waals surface area (Å²) in [6.07, 6.45) is 0.419. The number of benzene rings is 2. The van der Waals surface area contributed by atoms with Crippen LogP contribution >= 0.6 is 0 Å². The second-order valence-electron chi connectivity index (χ2n) is 6.67. The molecule has 0 saturated carbocycles. The van der Waals surface area contributed by atoms with Crippen LogP contribution in [0.5, 0.6) is 0 Å². The van der Waals surface area contributed by atoms with Crippen LogP contribution in [0.15, 0.2) is 85.5 Å². The van der Waals surface area contributed by atoms with Crippen molar-refractivity contribution in [2.45, 2.75) is 6.92 Å². The molecule has 0 aromatic heterocycles. The Hall–Kier alpha value is -6.18. The Morgan fingerprint density at radius 2 is 0.951 bits per heavy atom. The smallest absolute Gasteiger partial charge is 0.387 e. The lowest BCUT2D eigenvalue weighted by atomic mass is 10.1. The molecule has 0 spiro atoms. The zero-order valence-corrected chi connectivity index (χ0v) is 21.2. The third-order valence-electron chi connectivity index (χ3n) is 3.56. The van der Waals surface area contributed by atoms with Crippen molar-refractivity contribution in [1.82, 2.24) is 0 Å². The van der Waals surface area contributed by atoms with Crippen molar-refractivity contribution < 1.29 is 67.6 Å². The van der Waals surface area contributed by atoms with Gasteiger partial charge < -0.3 is 19.7 Å². The molecule has 41 heavy (non-hydrogen) atoms. The molecule has 0 radical (unpaired) electrons. The molecule has 2 aromatic carbocycles. The van der Waals surface area contributed by atoms with E-state index in [-0.39, 0.29) is 29.3 Å². The number of carbonyl (C=O) groups is 10. The number of rotatable bonds is 8. The van der Waals surface area contributed by atoms with Gasteiger partial charge in [-0.15, -0.1) is 0 Å². The lowest BCUT2D eigenvalue weighted by Gasteiger charge is -2.02. The molecule has 0 unspecified atom stereocenters. The van der Waals surface area contributed by atoms with E-state index in [1.54, 1.807) is 36.4 Å². The molecule has 14 heteroatoms. The second kappa shape index (κ2) is 20.8. The van der Waals surface area contributed by atoms with Crippen LogP contribution in [-0.4, -0.2) is 70.2 Å². The number of carbonyl (C=O) groups excluding carboxylic acids is 8. The maximum atomic E-state index is 11.7. The Kier molecular flexibility index (Phi) is 18.8. The fourth-order valence-electron chi connectivity index (χ4n) is 1.74. The first kappa shape index (κ1) is 37.0. The maximum absolute atomic E-state index is 11.7. The van der Waals surface area contributed by atoms with E-state index in [0.29, 0.717) is 0 Å². The molecule has 0 aliphatic rings. The van der Waals surface area contributed by atoms with Crippen LogP contribution in [0.25, 0.3) is 0 Å². The van der Waals surface area contributed by atoms with Crippen molar-refractivity contribution in [3.8, 4) is 0 Å². The maximum Gasteiger partial charge on any atom is 0.387 e. The Labute approximate surface area is 231 Å². The molecule has 0 fully saturated rings. The summed E-state index contributed by atoms with van der Waals surface area (Å²) in [5.41, 5.74) is 0.347. The fraction of sp³-hybridized carbons (Fsp3) is 0.0370. The second-order valence-corrected chi connectivity index (χ2v) is 6.67. The van der Waals surface area contributed by atoms with Crippen molar-refractivity contribution in [3.63, 3.8) is 0 Å². The van der Waals surface area contributed by atoms with Crippen molar-refractivity contribution in [1.29, 1.82) is 0 Å². The summed E-state index contributed by atoms with van der Waals surface area (Å²) in [6, 6.07) is 15.3. The molecule has 214 valence electrons. The van der Waals surface area contributed by atoms with Crippen LogP contribution in [0.4, 0.5) is 0 Å². The average Bonchev–Trinajstić information content (AvgIpc) is 2.97. The van der Waals surface area contributed by atoms with Crippen LogP contribution in [0.1, 0.15) is 27.6 Å². The predicted molar refractivity (Wildman–Crippen MR) is 136 cm³/mol. The van der Waals surface area contributed by atoms with E-state index in [1.165, 1.54) is 31.2 Å². The summed E-state index contributed by atoms with van der Waals surface area (Å²) in [7, 11) is 0. The van der Waals surface area contributed by atoms with Gasteiger partial charge >= 0.3 is 35.8 Å². The van der Waals surface area contributed by atoms with Crippen LogP contribution in [0, 0.1) is 0 Å². The van der Waals surface area contributed by atoms with Gasteiger partial charge in [0.05, 0.1) is 0 Å². The first-order valence-corrected chi connectivity index (χ1v) is 10.6. The molecular formula is C27H22O14. The summed E-state index contributed by atoms with van der Waals surface area (Å²) in [5, 5.41) is 15.5. The highest BCUT2D eigenvalue weighted by Crippen LogP contribution is 2.04. The van der Waals surface area contributed by atoms with E-state index >= 15 is 0 Å². The molecule has 0 aliphatic heterocycles. The minimum absolute atomic E-state index is 0.0856. The zero-order valence-electron chi connectivity index (χ0n) is 21.2. The summed E-state index contributed by atoms with van der Waals surface area (Å²) in [4.78, 5) is 104. The van der Waals surface area contributed by atoms with Crippen molar-refractivity contribution in [3.05, 3.63) is 96.6 Å². The highest BCUT2D eigenvalue weighted by molar-refractivity contribution is 6.48. The minimum Gasteiger partial charge on any atom is -0.478 e. The molecule has 0 atom stereocenters. The third-order valence-corrected chi connectivity index (χ3v) is 3.56. The topological polar surface area (TPSA) is 230 Å². The van der Waals surface area contributed by atoms with Gasteiger partial charge in [-0.05, 0) is 6.92 Å². The summed E-state index contributed by atoms with van der Waals surface area (Å²) in [5.74, 6) is -9.38. The normalized spacial score (nSPS) is 8.51. The summed E-state index contributed by atoms with van der Waals surface area (Å²) < 4.78 is 7.84. The number of carboxylic acids is 2. The first-order valence-electron chi connectivity index (χ1n) is 10.6. The number of hydrogen-bond acceptors (Lipinski definition) is 12. The van der Waals surface area contributed by atoms with Gasteiger partial charge in [-0.3, -0.25) is 19.2 Å². The molecule has 2 aromatic rings. The van der Waals surface area contributed by atoms with Gasteiger partial charge in [-0.2, -0.15) is 0 Å². The monoisotopic (exact) mass is 570 g/mol. The molecule has 2 rings (SSSR count). The van der Waals surface area contributed by atoms with Crippen molar-refractivity contribution in [2.75, 3.05) is 0 Å². The average molecular weight is 570 g/mol. The quantitative estimate of drug-likeness (QED) is 0.113. The molecule has 0 aliphatic carbocycles. The predicted octanol–water partition coefficient (Wildman–Crippen LogP) is 1.18. The van der Waals surface area contributed by atoms with Gasteiger partial charge in [0.15, 0.2) is 0 Å². The van der Waals surface area contributed by atoms with E-state index in [4.69, 9.17) is 10.2 Å². The molecule has 0 amide bonds. The first-order chi connectivity index (χ1) is 19.2. The molecule has 14 nitrogen and oxygen atoms in total. The Morgan fingerprint density at radius 1 is 0.659 bits per heavy atom. The van der Waals surface area contributed by atoms with Crippen LogP contribution in [-0.2, 0) is 47.8 Å². The largest absolute Gasteiger partial charge is 0.478 e. The number of hydrogen-bond donors (Lipinski definition) is 2. The Morgan fingerprint density at radius 3 is 1.17 bits per heavy atom. The lowest BCUT2D eigenvalue weighted by molar-refractivity contribution is -0.162. The van der Waals surface area contributed by atoms with E-state index in [1.807, 2.05) is 0 Å². The molecule has 0 heterocycles. The molecular weight excluding hydrogens is 548 g/mol. The van der Waals surface area contributed by atoms with Crippen molar-refractivity contribution in [2.24, 2.45) is 0 Å². The van der Waals surface area contributed by atoms with E-state index < -0.39 is 47.4 Å². The van der Waals surface area contributed by atoms with Crippen LogP contribution in [0.3, 0.4) is 0 Å². The zero-order chi connectivity index (χ0) is 32.0. The SMILES string of the molecule is C=C(C)C(=O)O.C=CC(=O)O.O=C(OC(=O)C(=O)c1ccccc1)C(=O)c1ccccc1.O=CC(=O)OC(=O)C=O. The number of Topliss-reactive ketones (excluding diaryl/α,β-unsaturated/α-hetero) is 2. The van der Waals surface area contributed by atoms with Gasteiger partial charge in [0.1, 0.15) is 0 Å². The van der Waals surface area contributed by atoms with Gasteiger partial charge in [-0.25, -0.2) is 28.8 Å². The number of carboxylic acid groups (broad SMARTS) is 2. The molecule has 2 N–H and O–H groups in total. The van der Waals surface area contributed by atoms with Crippen LogP contribution < -0.4 is 0 Å². The highest BCUT2D eigenvalue weighted by atomic mass is 16.6. The number of esters is 4. The minimum atomic E-state index is -1.38. The third kappa shape index (κ3) is 17.8. The summed E-state index contributed by atoms with van der Waals surface area (Å²) >= 11 is 0. The van der Waals surface area contributed by atoms with Crippen molar-refractivity contribution >= 4 is 60.0 Å².